The smallest absolute Gasteiger partial charge is 0.252 e. The summed E-state index contributed by atoms with van der Waals surface area (Å²) in [7, 11) is 0. The van der Waals surface area contributed by atoms with Gasteiger partial charge in [-0.05, 0) is 62.9 Å². The van der Waals surface area contributed by atoms with Crippen molar-refractivity contribution in [1.82, 2.24) is 25.0 Å². The number of benzene rings is 1. The fourth-order valence-electron chi connectivity index (χ4n) is 4.32. The van der Waals surface area contributed by atoms with Gasteiger partial charge in [-0.1, -0.05) is 18.0 Å². The molecule has 1 amide bonds. The molecule has 1 N–H and O–H groups in total. The van der Waals surface area contributed by atoms with Crippen LogP contribution in [0.2, 0.25) is 5.02 Å². The Labute approximate surface area is 158 Å². The predicted molar refractivity (Wildman–Crippen MR) is 101 cm³/mol. The molecule has 0 aliphatic carbocycles. The Bertz CT molecular complexity index is 761. The molecule has 4 rings (SSSR count). The van der Waals surface area contributed by atoms with Gasteiger partial charge in [0, 0.05) is 18.3 Å². The van der Waals surface area contributed by atoms with Crippen molar-refractivity contribution in [2.75, 3.05) is 19.6 Å². The van der Waals surface area contributed by atoms with Crippen molar-refractivity contribution in [3.8, 4) is 5.69 Å². The number of halogens is 1. The van der Waals surface area contributed by atoms with Crippen molar-refractivity contribution in [2.45, 2.75) is 38.1 Å². The normalized spacial score (nSPS) is 23.4. The van der Waals surface area contributed by atoms with Gasteiger partial charge < -0.3 is 10.2 Å². The minimum Gasteiger partial charge on any atom is -0.352 e. The van der Waals surface area contributed by atoms with E-state index in [4.69, 9.17) is 11.6 Å². The van der Waals surface area contributed by atoms with E-state index in [0.717, 1.165) is 5.69 Å². The van der Waals surface area contributed by atoms with E-state index in [1.807, 2.05) is 6.07 Å². The van der Waals surface area contributed by atoms with Crippen LogP contribution in [0.1, 0.15) is 42.5 Å². The molecule has 3 heterocycles. The molecule has 7 heteroatoms. The van der Waals surface area contributed by atoms with E-state index in [1.54, 1.807) is 29.4 Å². The number of nitrogens with one attached hydrogen (secondary N) is 1. The fourth-order valence-corrected chi connectivity index (χ4v) is 4.52. The van der Waals surface area contributed by atoms with Crippen LogP contribution in [0.3, 0.4) is 0 Å². The first-order valence-corrected chi connectivity index (χ1v) is 9.77. The highest BCUT2D eigenvalue weighted by Crippen LogP contribution is 2.30. The molecule has 1 aromatic heterocycles. The second kappa shape index (κ2) is 7.76. The summed E-state index contributed by atoms with van der Waals surface area (Å²) < 4.78 is 1.76. The van der Waals surface area contributed by atoms with Gasteiger partial charge in [0.1, 0.15) is 12.7 Å². The lowest BCUT2D eigenvalue weighted by Crippen LogP contribution is -2.51. The molecule has 2 aliphatic rings. The topological polar surface area (TPSA) is 63.1 Å². The maximum Gasteiger partial charge on any atom is 0.252 e. The van der Waals surface area contributed by atoms with Gasteiger partial charge in [-0.2, -0.15) is 0 Å². The van der Waals surface area contributed by atoms with E-state index >= 15 is 0 Å². The van der Waals surface area contributed by atoms with Crippen LogP contribution in [0, 0.1) is 5.92 Å². The molecule has 2 atom stereocenters. The van der Waals surface area contributed by atoms with Crippen molar-refractivity contribution in [1.29, 1.82) is 0 Å². The van der Waals surface area contributed by atoms with E-state index in [9.17, 15) is 4.79 Å². The zero-order chi connectivity index (χ0) is 17.9. The van der Waals surface area contributed by atoms with Crippen LogP contribution in [0.4, 0.5) is 0 Å². The molecule has 2 unspecified atom stereocenters. The molecular formula is C19H24ClN5O. The summed E-state index contributed by atoms with van der Waals surface area (Å²) in [5.41, 5.74) is 1.31. The highest BCUT2D eigenvalue weighted by Gasteiger charge is 2.33. The maximum absolute atomic E-state index is 12.7. The molecular weight excluding hydrogens is 350 g/mol. The van der Waals surface area contributed by atoms with Crippen LogP contribution < -0.4 is 5.32 Å². The largest absolute Gasteiger partial charge is 0.352 e. The number of carbonyl (C=O) groups excluding carboxylic acids is 1. The van der Waals surface area contributed by atoms with Gasteiger partial charge in [0.25, 0.3) is 5.91 Å². The third-order valence-corrected chi connectivity index (χ3v) is 5.99. The standard InChI is InChI=1S/C19H24ClN5O/c20-17-7-6-15(25-12-22-23-13-25)10-16(17)19(26)21-11-14-4-3-9-24-8-2-1-5-18(14)24/h6-7,10,12-14,18H,1-5,8-9,11H2,(H,21,26). The van der Waals surface area contributed by atoms with Crippen LogP contribution >= 0.6 is 11.6 Å². The summed E-state index contributed by atoms with van der Waals surface area (Å²) in [5, 5.41) is 11.2. The van der Waals surface area contributed by atoms with Crippen LogP contribution in [0.5, 0.6) is 0 Å². The molecule has 0 bridgehead atoms. The second-order valence-corrected chi connectivity index (χ2v) is 7.65. The lowest BCUT2D eigenvalue weighted by molar-refractivity contribution is 0.0575. The van der Waals surface area contributed by atoms with Crippen LogP contribution in [-0.4, -0.2) is 51.2 Å². The first kappa shape index (κ1) is 17.5. The number of carbonyl (C=O) groups is 1. The Hall–Kier alpha value is -1.92. The maximum atomic E-state index is 12.7. The number of fused-ring (bicyclic) bond motifs is 1. The van der Waals surface area contributed by atoms with E-state index in [2.05, 4.69) is 20.4 Å². The van der Waals surface area contributed by atoms with Crippen LogP contribution in [0.25, 0.3) is 5.69 Å². The third-order valence-electron chi connectivity index (χ3n) is 5.66. The summed E-state index contributed by atoms with van der Waals surface area (Å²) >= 11 is 6.28. The zero-order valence-electron chi connectivity index (χ0n) is 14.8. The Kier molecular flexibility index (Phi) is 5.22. The molecule has 0 radical (unpaired) electrons. The van der Waals surface area contributed by atoms with Gasteiger partial charge in [-0.25, -0.2) is 0 Å². The molecule has 0 saturated carbocycles. The average Bonchev–Trinajstić information content (AvgIpc) is 3.21. The van der Waals surface area contributed by atoms with E-state index in [1.165, 1.54) is 45.2 Å². The number of nitrogens with zero attached hydrogens (tertiary/aromatic N) is 4. The summed E-state index contributed by atoms with van der Waals surface area (Å²) in [4.78, 5) is 15.4. The lowest BCUT2D eigenvalue weighted by Gasteiger charge is -2.44. The number of rotatable bonds is 4. The zero-order valence-corrected chi connectivity index (χ0v) is 15.5. The molecule has 0 spiro atoms. The Balaban J connectivity index is 1.44. The van der Waals surface area contributed by atoms with Gasteiger partial charge in [0.05, 0.1) is 10.6 Å². The molecule has 138 valence electrons. The van der Waals surface area contributed by atoms with Crippen molar-refractivity contribution in [3.63, 3.8) is 0 Å². The molecule has 2 fully saturated rings. The summed E-state index contributed by atoms with van der Waals surface area (Å²) in [6, 6.07) is 6.00. The number of aromatic nitrogens is 3. The average molecular weight is 374 g/mol. The first-order chi connectivity index (χ1) is 12.7. The van der Waals surface area contributed by atoms with E-state index < -0.39 is 0 Å². The summed E-state index contributed by atoms with van der Waals surface area (Å²) in [6.07, 6.45) is 9.48. The molecule has 2 aromatic rings. The van der Waals surface area contributed by atoms with Crippen LogP contribution in [0.15, 0.2) is 30.9 Å². The van der Waals surface area contributed by atoms with Gasteiger partial charge in [0.15, 0.2) is 0 Å². The molecule has 26 heavy (non-hydrogen) atoms. The van der Waals surface area contributed by atoms with Gasteiger partial charge in [0.2, 0.25) is 0 Å². The summed E-state index contributed by atoms with van der Waals surface area (Å²) in [6.45, 7) is 3.14. The molecule has 2 saturated heterocycles. The first-order valence-electron chi connectivity index (χ1n) is 9.39. The number of piperidine rings is 2. The predicted octanol–water partition coefficient (Wildman–Crippen LogP) is 2.92. The number of amides is 1. The van der Waals surface area contributed by atoms with Crippen LogP contribution in [-0.2, 0) is 0 Å². The fraction of sp³-hybridized carbons (Fsp3) is 0.526. The third kappa shape index (κ3) is 3.62. The number of hydrogen-bond donors (Lipinski definition) is 1. The van der Waals surface area contributed by atoms with Gasteiger partial charge >= 0.3 is 0 Å². The van der Waals surface area contributed by atoms with Gasteiger partial charge in [-0.3, -0.25) is 9.36 Å². The highest BCUT2D eigenvalue weighted by atomic mass is 35.5. The van der Waals surface area contributed by atoms with Gasteiger partial charge in [-0.15, -0.1) is 10.2 Å². The molecule has 6 nitrogen and oxygen atoms in total. The second-order valence-electron chi connectivity index (χ2n) is 7.24. The molecule has 2 aliphatic heterocycles. The quantitative estimate of drug-likeness (QED) is 0.895. The Morgan fingerprint density at radius 2 is 1.96 bits per heavy atom. The molecule has 1 aromatic carbocycles. The van der Waals surface area contributed by atoms with E-state index in [0.29, 0.717) is 29.1 Å². The van der Waals surface area contributed by atoms with Crippen molar-refractivity contribution in [2.24, 2.45) is 5.92 Å². The lowest BCUT2D eigenvalue weighted by atomic mass is 9.83. The summed E-state index contributed by atoms with van der Waals surface area (Å²) in [5.74, 6) is 0.422. The van der Waals surface area contributed by atoms with Crippen molar-refractivity contribution in [3.05, 3.63) is 41.4 Å². The van der Waals surface area contributed by atoms with Crippen molar-refractivity contribution < 1.29 is 4.79 Å². The SMILES string of the molecule is O=C(NCC1CCCN2CCCCC12)c1cc(-n2cnnc2)ccc1Cl. The van der Waals surface area contributed by atoms with Crippen molar-refractivity contribution >= 4 is 17.5 Å². The highest BCUT2D eigenvalue weighted by molar-refractivity contribution is 6.33. The number of hydrogen-bond acceptors (Lipinski definition) is 4. The Morgan fingerprint density at radius 3 is 2.81 bits per heavy atom. The monoisotopic (exact) mass is 373 g/mol. The minimum atomic E-state index is -0.113. The Morgan fingerprint density at radius 1 is 1.15 bits per heavy atom. The minimum absolute atomic E-state index is 0.113. The van der Waals surface area contributed by atoms with E-state index in [-0.39, 0.29) is 5.91 Å².